The summed E-state index contributed by atoms with van der Waals surface area (Å²) in [4.78, 5) is 12.8. The molecule has 114 valence electrons. The van der Waals surface area contributed by atoms with Gasteiger partial charge in [-0.1, -0.05) is 0 Å². The highest BCUT2D eigenvalue weighted by Crippen LogP contribution is 2.23. The van der Waals surface area contributed by atoms with E-state index in [-0.39, 0.29) is 12.5 Å². The van der Waals surface area contributed by atoms with Crippen molar-refractivity contribution in [2.45, 2.75) is 12.5 Å². The number of rotatable bonds is 5. The van der Waals surface area contributed by atoms with Crippen molar-refractivity contribution in [3.8, 4) is 5.69 Å². The number of nitrogens with zero attached hydrogens (tertiary/aromatic N) is 4. The van der Waals surface area contributed by atoms with Crippen molar-refractivity contribution in [1.29, 1.82) is 0 Å². The van der Waals surface area contributed by atoms with Crippen LogP contribution in [0, 0.1) is 0 Å². The highest BCUT2D eigenvalue weighted by Gasteiger charge is 2.25. The monoisotopic (exact) mass is 335 g/mol. The topological polar surface area (TPSA) is 92.9 Å². The lowest BCUT2D eigenvalue weighted by atomic mass is 9.99. The van der Waals surface area contributed by atoms with Crippen LogP contribution in [-0.4, -0.2) is 37.8 Å². The van der Waals surface area contributed by atoms with Crippen LogP contribution in [-0.2, 0) is 5.60 Å². The molecule has 0 bridgehead atoms. The van der Waals surface area contributed by atoms with Crippen LogP contribution in [0.1, 0.15) is 22.2 Å². The van der Waals surface area contributed by atoms with Crippen LogP contribution in [0.25, 0.3) is 5.69 Å². The van der Waals surface area contributed by atoms with E-state index in [1.807, 2.05) is 16.8 Å². The van der Waals surface area contributed by atoms with Gasteiger partial charge in [-0.3, -0.25) is 4.79 Å². The summed E-state index contributed by atoms with van der Waals surface area (Å²) in [6, 6.07) is 3.61. The fourth-order valence-corrected chi connectivity index (χ4v) is 3.51. The largest absolute Gasteiger partial charge is 0.384 e. The van der Waals surface area contributed by atoms with Crippen LogP contribution in [0.15, 0.2) is 34.6 Å². The van der Waals surface area contributed by atoms with E-state index in [1.54, 1.807) is 18.4 Å². The van der Waals surface area contributed by atoms with Gasteiger partial charge in [0, 0.05) is 0 Å². The molecule has 0 aliphatic rings. The molecule has 0 aliphatic heterocycles. The predicted molar refractivity (Wildman–Crippen MR) is 83.3 cm³/mol. The highest BCUT2D eigenvalue weighted by atomic mass is 32.1. The molecule has 2 N–H and O–H groups in total. The lowest BCUT2D eigenvalue weighted by Crippen LogP contribution is -2.38. The van der Waals surface area contributed by atoms with E-state index in [0.29, 0.717) is 10.6 Å². The van der Waals surface area contributed by atoms with Crippen molar-refractivity contribution in [2.75, 3.05) is 6.54 Å². The summed E-state index contributed by atoms with van der Waals surface area (Å²) in [5.74, 6) is -0.268. The van der Waals surface area contributed by atoms with Crippen LogP contribution in [0.5, 0.6) is 0 Å². The first-order valence-corrected chi connectivity index (χ1v) is 8.24. The van der Waals surface area contributed by atoms with Gasteiger partial charge < -0.3 is 10.4 Å². The van der Waals surface area contributed by atoms with E-state index in [9.17, 15) is 9.90 Å². The fourth-order valence-electron chi connectivity index (χ4n) is 1.93. The minimum absolute atomic E-state index is 0.121. The number of thiophene rings is 2. The maximum absolute atomic E-state index is 12.3. The normalized spacial score (nSPS) is 13.7. The molecule has 0 saturated carbocycles. The van der Waals surface area contributed by atoms with Crippen molar-refractivity contribution in [1.82, 2.24) is 25.5 Å². The van der Waals surface area contributed by atoms with Crippen molar-refractivity contribution in [3.05, 3.63) is 45.0 Å². The van der Waals surface area contributed by atoms with Crippen LogP contribution in [0.4, 0.5) is 0 Å². The first-order valence-electron chi connectivity index (χ1n) is 6.42. The summed E-state index contributed by atoms with van der Waals surface area (Å²) in [6.45, 7) is 1.79. The van der Waals surface area contributed by atoms with E-state index >= 15 is 0 Å². The first-order chi connectivity index (χ1) is 10.6. The third kappa shape index (κ3) is 2.91. The summed E-state index contributed by atoms with van der Waals surface area (Å²) in [5.41, 5.74) is 0.286. The van der Waals surface area contributed by atoms with Crippen molar-refractivity contribution < 1.29 is 9.90 Å². The quantitative estimate of drug-likeness (QED) is 0.736. The molecule has 0 radical (unpaired) electrons. The SMILES string of the molecule is CC(O)(CNC(=O)c1sccc1-n1cnnn1)c1ccsc1. The molecule has 3 rings (SSSR count). The first kappa shape index (κ1) is 14.8. The van der Waals surface area contributed by atoms with Gasteiger partial charge in [0.25, 0.3) is 5.91 Å². The van der Waals surface area contributed by atoms with Crippen molar-refractivity contribution in [2.24, 2.45) is 0 Å². The minimum atomic E-state index is -1.11. The maximum atomic E-state index is 12.3. The van der Waals surface area contributed by atoms with E-state index in [2.05, 4.69) is 20.8 Å². The number of hydrogen-bond acceptors (Lipinski definition) is 7. The predicted octanol–water partition coefficient (Wildman–Crippen LogP) is 1.42. The molecule has 3 aromatic heterocycles. The summed E-state index contributed by atoms with van der Waals surface area (Å²) in [6.07, 6.45) is 1.43. The smallest absolute Gasteiger partial charge is 0.263 e. The zero-order valence-electron chi connectivity index (χ0n) is 11.6. The number of nitrogens with one attached hydrogen (secondary N) is 1. The molecule has 0 saturated heterocycles. The number of tetrazole rings is 1. The molecule has 0 aliphatic carbocycles. The number of carbonyl (C=O) groups is 1. The maximum Gasteiger partial charge on any atom is 0.263 e. The molecule has 7 nitrogen and oxygen atoms in total. The second kappa shape index (κ2) is 5.95. The molecule has 1 atom stereocenters. The molecule has 0 aromatic carbocycles. The average Bonchev–Trinajstić information content (AvgIpc) is 3.26. The van der Waals surface area contributed by atoms with Gasteiger partial charge in [-0.2, -0.15) is 16.0 Å². The second-order valence-corrected chi connectivity index (χ2v) is 6.55. The fraction of sp³-hybridized carbons (Fsp3) is 0.231. The van der Waals surface area contributed by atoms with Crippen LogP contribution in [0.3, 0.4) is 0 Å². The Hall–Kier alpha value is -2.10. The summed E-state index contributed by atoms with van der Waals surface area (Å²) < 4.78 is 1.43. The molecule has 0 fully saturated rings. The van der Waals surface area contributed by atoms with Crippen LogP contribution in [0.2, 0.25) is 0 Å². The van der Waals surface area contributed by atoms with Gasteiger partial charge in [0.2, 0.25) is 0 Å². The Bertz CT molecular complexity index is 749. The Morgan fingerprint density at radius 3 is 3.00 bits per heavy atom. The highest BCUT2D eigenvalue weighted by molar-refractivity contribution is 7.12. The summed E-state index contributed by atoms with van der Waals surface area (Å²) in [7, 11) is 0. The Balaban J connectivity index is 1.72. The molecule has 9 heteroatoms. The number of aromatic nitrogens is 4. The third-order valence-electron chi connectivity index (χ3n) is 3.18. The zero-order chi connectivity index (χ0) is 15.6. The number of aliphatic hydroxyl groups is 1. The lowest BCUT2D eigenvalue weighted by Gasteiger charge is -2.22. The number of carbonyl (C=O) groups excluding carboxylic acids is 1. The molecule has 3 heterocycles. The molecular formula is C13H13N5O2S2. The van der Waals surface area contributed by atoms with E-state index in [1.165, 1.54) is 33.7 Å². The van der Waals surface area contributed by atoms with Crippen LogP contribution < -0.4 is 5.32 Å². The Kier molecular flexibility index (Phi) is 4.01. The van der Waals surface area contributed by atoms with Crippen molar-refractivity contribution in [3.63, 3.8) is 0 Å². The molecule has 1 unspecified atom stereocenters. The molecule has 3 aromatic rings. The van der Waals surface area contributed by atoms with E-state index < -0.39 is 5.60 Å². The third-order valence-corrected chi connectivity index (χ3v) is 4.77. The number of amides is 1. The molecule has 22 heavy (non-hydrogen) atoms. The van der Waals surface area contributed by atoms with Crippen molar-refractivity contribution >= 4 is 28.6 Å². The van der Waals surface area contributed by atoms with Gasteiger partial charge in [-0.25, -0.2) is 0 Å². The Morgan fingerprint density at radius 2 is 2.32 bits per heavy atom. The summed E-state index contributed by atoms with van der Waals surface area (Å²) >= 11 is 2.80. The number of hydrogen-bond donors (Lipinski definition) is 2. The molecular weight excluding hydrogens is 322 g/mol. The second-order valence-electron chi connectivity index (χ2n) is 4.86. The van der Waals surface area contributed by atoms with Gasteiger partial charge in [-0.05, 0) is 51.2 Å². The van der Waals surface area contributed by atoms with E-state index in [0.717, 1.165) is 5.56 Å². The average molecular weight is 335 g/mol. The molecule has 1 amide bonds. The Morgan fingerprint density at radius 1 is 1.45 bits per heavy atom. The molecule has 0 spiro atoms. The van der Waals surface area contributed by atoms with Gasteiger partial charge in [0.05, 0.1) is 12.2 Å². The van der Waals surface area contributed by atoms with Gasteiger partial charge in [-0.15, -0.1) is 16.4 Å². The van der Waals surface area contributed by atoms with Crippen LogP contribution >= 0.6 is 22.7 Å². The van der Waals surface area contributed by atoms with Gasteiger partial charge in [0.15, 0.2) is 0 Å². The summed E-state index contributed by atoms with van der Waals surface area (Å²) in [5, 5.41) is 29.7. The zero-order valence-corrected chi connectivity index (χ0v) is 13.3. The van der Waals surface area contributed by atoms with E-state index in [4.69, 9.17) is 0 Å². The standard InChI is InChI=1S/C13H13N5O2S2/c1-13(20,9-2-4-21-6-9)7-14-12(19)11-10(3-5-22-11)18-8-15-16-17-18/h2-6,8,20H,7H2,1H3,(H,14,19). The minimum Gasteiger partial charge on any atom is -0.384 e. The van der Waals surface area contributed by atoms with Gasteiger partial charge >= 0.3 is 0 Å². The van der Waals surface area contributed by atoms with Gasteiger partial charge in [0.1, 0.15) is 16.8 Å². The lowest BCUT2D eigenvalue weighted by molar-refractivity contribution is 0.0531. The Labute approximate surface area is 134 Å².